The first kappa shape index (κ1) is 15.0. The van der Waals surface area contributed by atoms with Crippen molar-refractivity contribution in [2.45, 2.75) is 18.9 Å². The third-order valence-corrected chi connectivity index (χ3v) is 3.44. The first-order chi connectivity index (χ1) is 10.1. The highest BCUT2D eigenvalue weighted by atomic mass is 16.5. The van der Waals surface area contributed by atoms with Crippen LogP contribution in [0.2, 0.25) is 0 Å². The molecule has 110 valence electrons. The van der Waals surface area contributed by atoms with Crippen molar-refractivity contribution in [3.63, 3.8) is 0 Å². The molecule has 0 aliphatic carbocycles. The molecule has 1 aromatic carbocycles. The maximum Gasteiger partial charge on any atom is 0.326 e. The number of nitrogens with zero attached hydrogens (tertiary/aromatic N) is 1. The average Bonchev–Trinajstić information content (AvgIpc) is 3.01. The van der Waals surface area contributed by atoms with Gasteiger partial charge in [-0.05, 0) is 24.1 Å². The normalized spacial score (nSPS) is 18.7. The van der Waals surface area contributed by atoms with Crippen molar-refractivity contribution in [2.75, 3.05) is 13.2 Å². The highest BCUT2D eigenvalue weighted by molar-refractivity contribution is 5.85. The van der Waals surface area contributed by atoms with Crippen molar-refractivity contribution in [1.29, 1.82) is 5.26 Å². The molecule has 1 amide bonds. The molecule has 2 N–H and O–H groups in total. The molecule has 1 aliphatic rings. The number of carbonyl (C=O) groups excluding carboxylic acids is 1. The summed E-state index contributed by atoms with van der Waals surface area (Å²) in [5, 5.41) is 20.5. The van der Waals surface area contributed by atoms with E-state index >= 15 is 0 Å². The Morgan fingerprint density at radius 2 is 2.14 bits per heavy atom. The molecule has 6 nitrogen and oxygen atoms in total. The molecular weight excluding hydrogens is 272 g/mol. The van der Waals surface area contributed by atoms with Crippen LogP contribution in [-0.2, 0) is 20.7 Å². The van der Waals surface area contributed by atoms with E-state index in [-0.39, 0.29) is 18.2 Å². The Bertz CT molecular complexity index is 556. The third-order valence-electron chi connectivity index (χ3n) is 3.44. The minimum absolute atomic E-state index is 0.181. The summed E-state index contributed by atoms with van der Waals surface area (Å²) in [5.41, 5.74) is 1.27. The Balaban J connectivity index is 1.99. The van der Waals surface area contributed by atoms with Crippen LogP contribution in [0.3, 0.4) is 0 Å². The number of carboxylic acid groups (broad SMARTS) is 1. The van der Waals surface area contributed by atoms with Gasteiger partial charge in [0.05, 0.1) is 24.2 Å². The number of aliphatic carboxylic acids is 1. The predicted octanol–water partition coefficient (Wildman–Crippen LogP) is 0.707. The predicted molar refractivity (Wildman–Crippen MR) is 73.4 cm³/mol. The number of benzene rings is 1. The van der Waals surface area contributed by atoms with Crippen LogP contribution in [0.4, 0.5) is 0 Å². The zero-order valence-electron chi connectivity index (χ0n) is 11.4. The summed E-state index contributed by atoms with van der Waals surface area (Å²) in [4.78, 5) is 23.2. The van der Waals surface area contributed by atoms with Crippen LogP contribution in [0.5, 0.6) is 0 Å². The Kier molecular flexibility index (Phi) is 4.90. The fourth-order valence-corrected chi connectivity index (χ4v) is 2.18. The summed E-state index contributed by atoms with van der Waals surface area (Å²) >= 11 is 0. The van der Waals surface area contributed by atoms with E-state index in [9.17, 15) is 14.7 Å². The van der Waals surface area contributed by atoms with E-state index in [0.29, 0.717) is 25.2 Å². The van der Waals surface area contributed by atoms with Gasteiger partial charge < -0.3 is 15.2 Å². The number of rotatable bonds is 5. The number of hydrogen-bond acceptors (Lipinski definition) is 4. The van der Waals surface area contributed by atoms with Crippen molar-refractivity contribution in [3.05, 3.63) is 35.4 Å². The zero-order chi connectivity index (χ0) is 15.2. The van der Waals surface area contributed by atoms with Gasteiger partial charge in [-0.1, -0.05) is 12.1 Å². The van der Waals surface area contributed by atoms with Crippen molar-refractivity contribution in [1.82, 2.24) is 5.32 Å². The van der Waals surface area contributed by atoms with Crippen molar-refractivity contribution < 1.29 is 19.4 Å². The van der Waals surface area contributed by atoms with Crippen molar-refractivity contribution in [2.24, 2.45) is 5.92 Å². The first-order valence-corrected chi connectivity index (χ1v) is 6.70. The standard InChI is InChI=1S/C15H16N2O4/c16-8-11-3-1-10(2-4-11)7-13(15(19)20)17-14(18)12-5-6-21-9-12/h1-4,12-13H,5-7,9H2,(H,17,18)(H,19,20)/t12-,13+/m0/s1. The maximum absolute atomic E-state index is 12.0. The number of nitriles is 1. The lowest BCUT2D eigenvalue weighted by Crippen LogP contribution is -2.45. The second-order valence-corrected chi connectivity index (χ2v) is 4.97. The van der Waals surface area contributed by atoms with Gasteiger partial charge in [-0.3, -0.25) is 4.79 Å². The Labute approximate surface area is 122 Å². The molecule has 1 fully saturated rings. The molecule has 2 rings (SSSR count). The van der Waals surface area contributed by atoms with Gasteiger partial charge in [-0.25, -0.2) is 4.79 Å². The summed E-state index contributed by atoms with van der Waals surface area (Å²) in [7, 11) is 0. The number of carbonyl (C=O) groups is 2. The molecule has 0 unspecified atom stereocenters. The van der Waals surface area contributed by atoms with Crippen LogP contribution in [-0.4, -0.2) is 36.2 Å². The minimum Gasteiger partial charge on any atom is -0.480 e. The van der Waals surface area contributed by atoms with Gasteiger partial charge in [0.1, 0.15) is 6.04 Å². The number of hydrogen-bond donors (Lipinski definition) is 2. The SMILES string of the molecule is N#Cc1ccc(C[C@@H](NC(=O)[C@H]2CCOC2)C(=O)O)cc1. The molecule has 0 bridgehead atoms. The van der Waals surface area contributed by atoms with Gasteiger partial charge in [-0.2, -0.15) is 5.26 Å². The summed E-state index contributed by atoms with van der Waals surface area (Å²) in [5.74, 6) is -1.63. The van der Waals surface area contributed by atoms with E-state index in [1.165, 1.54) is 0 Å². The molecular formula is C15H16N2O4. The Hall–Kier alpha value is -2.39. The van der Waals surface area contributed by atoms with Gasteiger partial charge in [0.15, 0.2) is 0 Å². The molecule has 1 saturated heterocycles. The Morgan fingerprint density at radius 1 is 1.43 bits per heavy atom. The fraction of sp³-hybridized carbons (Fsp3) is 0.400. The van der Waals surface area contributed by atoms with E-state index in [1.807, 2.05) is 6.07 Å². The van der Waals surface area contributed by atoms with E-state index < -0.39 is 12.0 Å². The molecule has 0 spiro atoms. The first-order valence-electron chi connectivity index (χ1n) is 6.70. The van der Waals surface area contributed by atoms with E-state index in [4.69, 9.17) is 10.00 Å². The number of nitrogens with one attached hydrogen (secondary N) is 1. The summed E-state index contributed by atoms with van der Waals surface area (Å²) in [6, 6.07) is 7.66. The van der Waals surface area contributed by atoms with Gasteiger partial charge in [-0.15, -0.1) is 0 Å². The zero-order valence-corrected chi connectivity index (χ0v) is 11.4. The minimum atomic E-state index is -1.08. The number of amides is 1. The van der Waals surface area contributed by atoms with Gasteiger partial charge in [0.25, 0.3) is 0 Å². The highest BCUT2D eigenvalue weighted by Gasteiger charge is 2.28. The van der Waals surface area contributed by atoms with Gasteiger partial charge >= 0.3 is 5.97 Å². The molecule has 0 radical (unpaired) electrons. The second kappa shape index (κ2) is 6.86. The van der Waals surface area contributed by atoms with Crippen LogP contribution >= 0.6 is 0 Å². The van der Waals surface area contributed by atoms with Crippen LogP contribution < -0.4 is 5.32 Å². The number of ether oxygens (including phenoxy) is 1. The summed E-state index contributed by atoms with van der Waals surface area (Å²) in [6.07, 6.45) is 0.801. The smallest absolute Gasteiger partial charge is 0.326 e. The number of carboxylic acids is 1. The maximum atomic E-state index is 12.0. The fourth-order valence-electron chi connectivity index (χ4n) is 2.18. The molecule has 0 saturated carbocycles. The van der Waals surface area contributed by atoms with Gasteiger partial charge in [0, 0.05) is 13.0 Å². The Morgan fingerprint density at radius 3 is 2.67 bits per heavy atom. The summed E-state index contributed by atoms with van der Waals surface area (Å²) in [6.45, 7) is 0.875. The molecule has 21 heavy (non-hydrogen) atoms. The molecule has 1 heterocycles. The van der Waals surface area contributed by atoms with Crippen LogP contribution in [0.25, 0.3) is 0 Å². The lowest BCUT2D eigenvalue weighted by molar-refractivity contribution is -0.142. The second-order valence-electron chi connectivity index (χ2n) is 4.97. The summed E-state index contributed by atoms with van der Waals surface area (Å²) < 4.78 is 5.13. The van der Waals surface area contributed by atoms with Crippen LogP contribution in [0, 0.1) is 17.2 Å². The quantitative estimate of drug-likeness (QED) is 0.831. The molecule has 2 atom stereocenters. The third kappa shape index (κ3) is 4.04. The van der Waals surface area contributed by atoms with Gasteiger partial charge in [0.2, 0.25) is 5.91 Å². The highest BCUT2D eigenvalue weighted by Crippen LogP contribution is 2.13. The van der Waals surface area contributed by atoms with Crippen molar-refractivity contribution in [3.8, 4) is 6.07 Å². The molecule has 0 aromatic heterocycles. The molecule has 6 heteroatoms. The van der Waals surface area contributed by atoms with E-state index in [2.05, 4.69) is 5.32 Å². The largest absolute Gasteiger partial charge is 0.480 e. The van der Waals surface area contributed by atoms with Crippen LogP contribution in [0.15, 0.2) is 24.3 Å². The van der Waals surface area contributed by atoms with Crippen molar-refractivity contribution >= 4 is 11.9 Å². The topological polar surface area (TPSA) is 99.4 Å². The van der Waals surface area contributed by atoms with Crippen LogP contribution in [0.1, 0.15) is 17.5 Å². The monoisotopic (exact) mass is 288 g/mol. The van der Waals surface area contributed by atoms with E-state index in [1.54, 1.807) is 24.3 Å². The molecule has 1 aromatic rings. The average molecular weight is 288 g/mol. The molecule has 1 aliphatic heterocycles. The lowest BCUT2D eigenvalue weighted by Gasteiger charge is -2.17. The van der Waals surface area contributed by atoms with E-state index in [0.717, 1.165) is 5.56 Å². The lowest BCUT2D eigenvalue weighted by atomic mass is 10.0.